The highest BCUT2D eigenvalue weighted by Crippen LogP contribution is 2.29. The van der Waals surface area contributed by atoms with Crippen molar-refractivity contribution in [1.82, 2.24) is 0 Å². The molecule has 0 atom stereocenters. The molecule has 0 nitrogen and oxygen atoms in total. The monoisotopic (exact) mass is 224 g/mol. The Labute approximate surface area is 104 Å². The number of rotatable bonds is 3. The summed E-state index contributed by atoms with van der Waals surface area (Å²) in [5.41, 5.74) is 7.01. The molecule has 2 aromatic carbocycles. The molecule has 0 bridgehead atoms. The van der Waals surface area contributed by atoms with E-state index in [0.717, 1.165) is 6.42 Å². The first kappa shape index (κ1) is 11.9. The number of aryl methyl sites for hydroxylation is 3. The highest BCUT2D eigenvalue weighted by Gasteiger charge is 2.08. The van der Waals surface area contributed by atoms with Crippen LogP contribution in [0, 0.1) is 13.8 Å². The average molecular weight is 224 g/mol. The topological polar surface area (TPSA) is 0 Å². The van der Waals surface area contributed by atoms with Gasteiger partial charge in [0.05, 0.1) is 0 Å². The average Bonchev–Trinajstić information content (AvgIpc) is 2.30. The molecule has 17 heavy (non-hydrogen) atoms. The van der Waals surface area contributed by atoms with Gasteiger partial charge in [-0.15, -0.1) is 0 Å². The second-order valence-electron chi connectivity index (χ2n) is 4.73. The van der Waals surface area contributed by atoms with E-state index in [1.54, 1.807) is 0 Å². The molecule has 0 saturated heterocycles. The third-order valence-corrected chi connectivity index (χ3v) is 3.14. The summed E-state index contributed by atoms with van der Waals surface area (Å²) in [6.45, 7) is 6.64. The van der Waals surface area contributed by atoms with Crippen LogP contribution in [0.5, 0.6) is 0 Å². The minimum Gasteiger partial charge on any atom is -0.0651 e. The third kappa shape index (κ3) is 2.58. The van der Waals surface area contributed by atoms with Gasteiger partial charge in [0.2, 0.25) is 0 Å². The van der Waals surface area contributed by atoms with E-state index in [1.165, 1.54) is 34.2 Å². The molecule has 0 fully saturated rings. The molecular weight excluding hydrogens is 204 g/mol. The minimum absolute atomic E-state index is 1.16. The van der Waals surface area contributed by atoms with Crippen LogP contribution >= 0.6 is 0 Å². The van der Waals surface area contributed by atoms with Crippen LogP contribution < -0.4 is 0 Å². The van der Waals surface area contributed by atoms with Crippen molar-refractivity contribution >= 4 is 0 Å². The number of benzene rings is 2. The zero-order valence-corrected chi connectivity index (χ0v) is 11.0. The summed E-state index contributed by atoms with van der Waals surface area (Å²) in [7, 11) is 0. The van der Waals surface area contributed by atoms with E-state index in [-0.39, 0.29) is 0 Å². The summed E-state index contributed by atoms with van der Waals surface area (Å²) in [6.07, 6.45) is 2.36. The molecule has 0 radical (unpaired) electrons. The molecule has 88 valence electrons. The van der Waals surface area contributed by atoms with Gasteiger partial charge in [-0.3, -0.25) is 0 Å². The summed E-state index contributed by atoms with van der Waals surface area (Å²) < 4.78 is 0. The molecule has 0 spiro atoms. The highest BCUT2D eigenvalue weighted by molar-refractivity contribution is 5.71. The Balaban J connectivity index is 2.59. The predicted molar refractivity (Wildman–Crippen MR) is 75.3 cm³/mol. The smallest absolute Gasteiger partial charge is 0.0122 e. The first-order chi connectivity index (χ1) is 8.22. The molecule has 0 aliphatic rings. The van der Waals surface area contributed by atoms with Gasteiger partial charge in [-0.25, -0.2) is 0 Å². The number of hydrogen-bond donors (Lipinski definition) is 0. The fraction of sp³-hybridized carbons (Fsp3) is 0.294. The highest BCUT2D eigenvalue weighted by atomic mass is 14.1. The van der Waals surface area contributed by atoms with Gasteiger partial charge in [0.1, 0.15) is 0 Å². The Morgan fingerprint density at radius 1 is 0.941 bits per heavy atom. The van der Waals surface area contributed by atoms with Crippen LogP contribution in [-0.2, 0) is 6.42 Å². The van der Waals surface area contributed by atoms with Gasteiger partial charge >= 0.3 is 0 Å². The first-order valence-corrected chi connectivity index (χ1v) is 6.38. The molecule has 2 aromatic rings. The van der Waals surface area contributed by atoms with Gasteiger partial charge in [-0.2, -0.15) is 0 Å². The fourth-order valence-corrected chi connectivity index (χ4v) is 2.54. The molecule has 0 aliphatic carbocycles. The lowest BCUT2D eigenvalue weighted by Crippen LogP contribution is -1.94. The van der Waals surface area contributed by atoms with E-state index in [0.29, 0.717) is 0 Å². The minimum atomic E-state index is 1.16. The van der Waals surface area contributed by atoms with Gasteiger partial charge in [-0.1, -0.05) is 61.4 Å². The molecule has 2 rings (SSSR count). The van der Waals surface area contributed by atoms with Crippen LogP contribution in [-0.4, -0.2) is 0 Å². The third-order valence-electron chi connectivity index (χ3n) is 3.14. The van der Waals surface area contributed by atoms with Crippen molar-refractivity contribution in [1.29, 1.82) is 0 Å². The molecular formula is C17H20. The van der Waals surface area contributed by atoms with Crippen molar-refractivity contribution < 1.29 is 0 Å². The Morgan fingerprint density at radius 3 is 2.29 bits per heavy atom. The Kier molecular flexibility index (Phi) is 3.63. The van der Waals surface area contributed by atoms with Crippen LogP contribution in [0.15, 0.2) is 42.5 Å². The van der Waals surface area contributed by atoms with Crippen molar-refractivity contribution in [2.24, 2.45) is 0 Å². The lowest BCUT2D eigenvalue weighted by molar-refractivity contribution is 0.920. The molecule has 0 N–H and O–H groups in total. The van der Waals surface area contributed by atoms with Crippen LogP contribution in [0.2, 0.25) is 0 Å². The molecule has 0 saturated carbocycles. The summed E-state index contributed by atoms with van der Waals surface area (Å²) in [5.74, 6) is 0. The second kappa shape index (κ2) is 5.18. The van der Waals surface area contributed by atoms with Crippen LogP contribution in [0.25, 0.3) is 11.1 Å². The molecule has 0 heteroatoms. The van der Waals surface area contributed by atoms with Crippen molar-refractivity contribution in [3.8, 4) is 11.1 Å². The number of hydrogen-bond acceptors (Lipinski definition) is 0. The van der Waals surface area contributed by atoms with E-state index in [4.69, 9.17) is 0 Å². The van der Waals surface area contributed by atoms with Gasteiger partial charge < -0.3 is 0 Å². The Morgan fingerprint density at radius 2 is 1.65 bits per heavy atom. The van der Waals surface area contributed by atoms with E-state index < -0.39 is 0 Å². The maximum Gasteiger partial charge on any atom is -0.0122 e. The largest absolute Gasteiger partial charge is 0.0651 e. The maximum atomic E-state index is 2.33. The van der Waals surface area contributed by atoms with Crippen LogP contribution in [0.4, 0.5) is 0 Å². The summed E-state index contributed by atoms with van der Waals surface area (Å²) in [6, 6.07) is 15.3. The maximum absolute atomic E-state index is 2.33. The Hall–Kier alpha value is -1.56. The van der Waals surface area contributed by atoms with Crippen LogP contribution in [0.1, 0.15) is 30.0 Å². The summed E-state index contributed by atoms with van der Waals surface area (Å²) in [5, 5.41) is 0. The predicted octanol–water partition coefficient (Wildman–Crippen LogP) is 4.92. The molecule has 0 heterocycles. The van der Waals surface area contributed by atoms with E-state index in [9.17, 15) is 0 Å². The van der Waals surface area contributed by atoms with Gasteiger partial charge in [0.15, 0.2) is 0 Å². The molecule has 0 aromatic heterocycles. The van der Waals surface area contributed by atoms with E-state index in [2.05, 4.69) is 63.2 Å². The second-order valence-corrected chi connectivity index (χ2v) is 4.73. The zero-order valence-electron chi connectivity index (χ0n) is 11.0. The van der Waals surface area contributed by atoms with Crippen molar-refractivity contribution in [3.63, 3.8) is 0 Å². The van der Waals surface area contributed by atoms with Crippen molar-refractivity contribution in [2.45, 2.75) is 33.6 Å². The summed E-state index contributed by atoms with van der Waals surface area (Å²) in [4.78, 5) is 0. The lowest BCUT2D eigenvalue weighted by Gasteiger charge is -2.14. The summed E-state index contributed by atoms with van der Waals surface area (Å²) >= 11 is 0. The first-order valence-electron chi connectivity index (χ1n) is 6.38. The molecule has 0 amide bonds. The standard InChI is InChI=1S/C17H20/c1-4-8-16-12-13(2)11-14(3)17(16)15-9-6-5-7-10-15/h5-7,9-12H,4,8H2,1-3H3. The van der Waals surface area contributed by atoms with E-state index in [1.807, 2.05) is 0 Å². The fourth-order valence-electron chi connectivity index (χ4n) is 2.54. The Bertz CT molecular complexity index is 495. The molecule has 0 unspecified atom stereocenters. The lowest BCUT2D eigenvalue weighted by atomic mass is 9.91. The van der Waals surface area contributed by atoms with E-state index >= 15 is 0 Å². The SMILES string of the molecule is CCCc1cc(C)cc(C)c1-c1ccccc1. The van der Waals surface area contributed by atoms with Crippen molar-refractivity contribution in [3.05, 3.63) is 59.2 Å². The van der Waals surface area contributed by atoms with Gasteiger partial charge in [0.25, 0.3) is 0 Å². The normalized spacial score (nSPS) is 10.5. The van der Waals surface area contributed by atoms with Gasteiger partial charge in [-0.05, 0) is 42.5 Å². The van der Waals surface area contributed by atoms with Crippen LogP contribution in [0.3, 0.4) is 0 Å². The zero-order chi connectivity index (χ0) is 12.3. The van der Waals surface area contributed by atoms with Gasteiger partial charge in [0, 0.05) is 0 Å². The van der Waals surface area contributed by atoms with Crippen molar-refractivity contribution in [2.75, 3.05) is 0 Å². The molecule has 0 aliphatic heterocycles. The quantitative estimate of drug-likeness (QED) is 0.694.